The minimum atomic E-state index is 1.21. The fraction of sp³-hybridized carbons (Fsp3) is 0. The molecule has 17 aromatic heterocycles. The Morgan fingerprint density at radius 1 is 0.255 bits per heavy atom. The largest absolute Gasteiger partial charge is 0.452 e. The number of nitrogens with zero attached hydrogens (tertiary/aromatic N) is 39. The lowest BCUT2D eigenvalue weighted by Gasteiger charge is -1.70. The minimum absolute atomic E-state index is 1.21. The Balaban J connectivity index is 0.000000500. The smallest absolute Gasteiger partial charge is 0.180 e. The molecule has 478 valence electrons. The van der Waals surface area contributed by atoms with Crippen molar-refractivity contribution in [1.29, 1.82) is 0 Å². The molecule has 0 aliphatic rings. The van der Waals surface area contributed by atoms with E-state index in [1.807, 2.05) is 34.3 Å². The number of rotatable bonds is 0. The minimum Gasteiger partial charge on any atom is -0.452 e. The van der Waals surface area contributed by atoms with Crippen LogP contribution in [0.2, 0.25) is 0 Å². The Morgan fingerprint density at radius 3 is 1.01 bits per heavy atom. The maximum atomic E-state index is 4.47. The lowest BCUT2D eigenvalue weighted by atomic mass is 10.6. The zero-order valence-electron chi connectivity index (χ0n) is 47.8. The summed E-state index contributed by atoms with van der Waals surface area (Å²) >= 11 is 5.63. The molecule has 0 N–H and O–H groups in total. The highest BCUT2D eigenvalue weighted by atomic mass is 32.1. The van der Waals surface area contributed by atoms with Crippen molar-refractivity contribution in [2.24, 2.45) is 0 Å². The Labute approximate surface area is 546 Å². The van der Waals surface area contributed by atoms with Gasteiger partial charge >= 0.3 is 0 Å². The molecule has 0 saturated carbocycles. The standard InChI is InChI=1S/3C4H4N2.3C3H3N3.2C3H3NO.2C3H3NS.3C2H2N4.2C2H2N2O.2C2H2N2S/c1-2-6-4-3-5-1;1-2-5-4-6-3-1;1-2-4-6-5-3-1;1-4-2-6-3-5-1;1-2-5-6-3-4-1;1-2-4-6-5-3-1;1-2-5-3-4-1;1-2-4-5-3-1;1-2-5-3-4-1;1-2-4-5-3-1;1-3-5-2-6-4-1;1-3-2-5-6-4-1;1-2-4-6-5-3-1;1-2-5-4-3-1;1-2-4-5-3-1;1-2-5-4-3-1;1-2-4-5-3-1/h3*1-4H;3*1-3H;4*1-3H;3*1-2H;4*1-2H. The third kappa shape index (κ3) is 72.4. The van der Waals surface area contributed by atoms with Crippen molar-refractivity contribution in [3.63, 3.8) is 0 Å². The van der Waals surface area contributed by atoms with Crippen molar-refractivity contribution in [3.05, 3.63) is 289 Å². The molecule has 94 heavy (non-hydrogen) atoms. The fourth-order valence-electron chi connectivity index (χ4n) is 3.12. The number of oxazole rings is 1. The Bertz CT molecular complexity index is 2480. The van der Waals surface area contributed by atoms with Crippen LogP contribution in [-0.4, -0.2) is 196 Å². The van der Waals surface area contributed by atoms with Gasteiger partial charge in [-0.3, -0.25) is 15.0 Å². The highest BCUT2D eigenvalue weighted by Gasteiger charge is 1.69. The van der Waals surface area contributed by atoms with Gasteiger partial charge in [0.25, 0.3) is 0 Å². The summed E-state index contributed by atoms with van der Waals surface area (Å²) in [7, 11) is 0. The highest BCUT2D eigenvalue weighted by Crippen LogP contribution is 1.86. The van der Waals surface area contributed by atoms with Crippen LogP contribution in [0, 0.1) is 0 Å². The van der Waals surface area contributed by atoms with E-state index in [1.165, 1.54) is 154 Å². The van der Waals surface area contributed by atoms with E-state index in [-0.39, 0.29) is 0 Å². The van der Waals surface area contributed by atoms with Gasteiger partial charge in [0, 0.05) is 89.6 Å². The molecular formula is C47H47N39O4S4. The van der Waals surface area contributed by atoms with Gasteiger partial charge in [0.1, 0.15) is 63.1 Å². The number of hydrogen-bond acceptors (Lipinski definition) is 47. The van der Waals surface area contributed by atoms with Crippen molar-refractivity contribution in [1.82, 2.24) is 196 Å². The first-order valence-corrected chi connectivity index (χ1v) is 27.7. The van der Waals surface area contributed by atoms with E-state index in [2.05, 4.69) is 214 Å². The van der Waals surface area contributed by atoms with Gasteiger partial charge in [0.2, 0.25) is 0 Å². The monoisotopic (exact) mass is 1350 g/mol. The number of aromatic nitrogens is 39. The molecule has 17 rings (SSSR count). The molecule has 0 atom stereocenters. The molecule has 43 nitrogen and oxygen atoms in total. The van der Waals surface area contributed by atoms with Crippen LogP contribution < -0.4 is 0 Å². The maximum absolute atomic E-state index is 4.47. The molecule has 0 aliphatic carbocycles. The third-order valence-electron chi connectivity index (χ3n) is 6.19. The Hall–Kier alpha value is -13.8. The van der Waals surface area contributed by atoms with Crippen LogP contribution >= 0.6 is 46.1 Å². The zero-order valence-corrected chi connectivity index (χ0v) is 51.1. The van der Waals surface area contributed by atoms with Crippen LogP contribution in [0.4, 0.5) is 0 Å². The summed E-state index contributed by atoms with van der Waals surface area (Å²) in [5.74, 6) is 0. The second-order valence-electron chi connectivity index (χ2n) is 12.3. The van der Waals surface area contributed by atoms with Crippen molar-refractivity contribution >= 4 is 46.1 Å². The van der Waals surface area contributed by atoms with Crippen molar-refractivity contribution in [2.75, 3.05) is 0 Å². The van der Waals surface area contributed by atoms with E-state index >= 15 is 0 Å². The first-order valence-electron chi connectivity index (χ1n) is 24.3. The summed E-state index contributed by atoms with van der Waals surface area (Å²) in [4.78, 5) is 39.9. The second kappa shape index (κ2) is 75.3. The van der Waals surface area contributed by atoms with Gasteiger partial charge in [-0.05, 0) is 80.3 Å². The maximum Gasteiger partial charge on any atom is 0.180 e. The van der Waals surface area contributed by atoms with E-state index in [1.54, 1.807) is 147 Å². The molecule has 0 spiro atoms. The normalized spacial score (nSPS) is 8.00. The van der Waals surface area contributed by atoms with Crippen molar-refractivity contribution in [2.45, 2.75) is 0 Å². The summed E-state index contributed by atoms with van der Waals surface area (Å²) in [5, 5.41) is 85.9. The molecule has 0 amide bonds. The average Bonchev–Trinajstić information content (AvgIpc) is 4.53. The lowest BCUT2D eigenvalue weighted by molar-refractivity contribution is 0.307. The average molecular weight is 1350 g/mol. The van der Waals surface area contributed by atoms with Gasteiger partial charge in [0.15, 0.2) is 19.0 Å². The van der Waals surface area contributed by atoms with Crippen LogP contribution in [0.25, 0.3) is 0 Å². The molecule has 17 aromatic rings. The lowest BCUT2D eigenvalue weighted by Crippen LogP contribution is -1.84. The van der Waals surface area contributed by atoms with Gasteiger partial charge in [-0.15, -0.1) is 77.6 Å². The van der Waals surface area contributed by atoms with Crippen LogP contribution in [-0.2, 0) is 0 Å². The van der Waals surface area contributed by atoms with Crippen molar-refractivity contribution in [3.8, 4) is 0 Å². The predicted molar refractivity (Wildman–Crippen MR) is 324 cm³/mol. The molecule has 0 aromatic carbocycles. The van der Waals surface area contributed by atoms with Crippen LogP contribution in [0.3, 0.4) is 0 Å². The molecule has 0 aliphatic heterocycles. The predicted octanol–water partition coefficient (Wildman–Crippen LogP) is 3.70. The molecule has 47 heteroatoms. The fourth-order valence-corrected chi connectivity index (χ4v) is 4.37. The van der Waals surface area contributed by atoms with Gasteiger partial charge < -0.3 is 13.5 Å². The zero-order chi connectivity index (χ0) is 66.5. The number of hydrogen-bond donors (Lipinski definition) is 0. The van der Waals surface area contributed by atoms with E-state index in [0.29, 0.717) is 0 Å². The summed E-state index contributed by atoms with van der Waals surface area (Å²) in [6.07, 6.45) is 56.7. The highest BCUT2D eigenvalue weighted by molar-refractivity contribution is 7.07. The Morgan fingerprint density at radius 2 is 0.830 bits per heavy atom. The van der Waals surface area contributed by atoms with E-state index in [4.69, 9.17) is 0 Å². The van der Waals surface area contributed by atoms with E-state index in [9.17, 15) is 0 Å². The molecule has 0 bridgehead atoms. The molecular weight excluding hydrogens is 1300 g/mol. The van der Waals surface area contributed by atoms with Crippen molar-refractivity contribution < 1.29 is 18.1 Å². The van der Waals surface area contributed by atoms with E-state index in [0.717, 1.165) is 0 Å². The first kappa shape index (κ1) is 78.2. The van der Waals surface area contributed by atoms with Crippen LogP contribution in [0.1, 0.15) is 0 Å². The third-order valence-corrected chi connectivity index (χ3v) is 8.10. The molecule has 0 fully saturated rings. The molecule has 0 unspecified atom stereocenters. The van der Waals surface area contributed by atoms with Gasteiger partial charge in [-0.2, -0.15) is 24.0 Å². The number of thiazole rings is 1. The second-order valence-corrected chi connectivity index (χ2v) is 15.0. The van der Waals surface area contributed by atoms with Crippen LogP contribution in [0.15, 0.2) is 307 Å². The summed E-state index contributed by atoms with van der Waals surface area (Å²) in [6, 6.07) is 10.8. The first-order chi connectivity index (χ1) is 47.0. The Kier molecular flexibility index (Phi) is 62.6. The molecule has 0 radical (unpaired) electrons. The summed E-state index contributed by atoms with van der Waals surface area (Å²) in [5.41, 5.74) is 1.79. The van der Waals surface area contributed by atoms with E-state index < -0.39 is 0 Å². The van der Waals surface area contributed by atoms with Crippen LogP contribution in [0.5, 0.6) is 0 Å². The topological polar surface area (TPSA) is 555 Å². The summed E-state index contributed by atoms with van der Waals surface area (Å²) < 4.78 is 31.7. The van der Waals surface area contributed by atoms with Gasteiger partial charge in [0.05, 0.1) is 97.8 Å². The SMILES string of the molecule is c1ccnnc1.c1cnccn1.c1cncnc1.c1cnncn1.c1cnnnc1.c1cnnnn1.c1cnoc1.c1cnon1.c1cnsc1.c1cnsn1.c1cocn1.c1conn1.c1cscn1.c1csnn1.c1ncncn1.c1ncnnn1.c1nncnn1. The van der Waals surface area contributed by atoms with Gasteiger partial charge in [-0.1, -0.05) is 20.0 Å². The molecule has 0 saturated heterocycles. The molecule has 17 heterocycles. The van der Waals surface area contributed by atoms with Gasteiger partial charge in [-0.25, -0.2) is 48.9 Å². The summed E-state index contributed by atoms with van der Waals surface area (Å²) in [6.45, 7) is 0. The quantitative estimate of drug-likeness (QED) is 0.209.